The van der Waals surface area contributed by atoms with Crippen molar-refractivity contribution in [2.24, 2.45) is 0 Å². The average Bonchev–Trinajstić information content (AvgIpc) is 2.19. The van der Waals surface area contributed by atoms with Gasteiger partial charge < -0.3 is 17.5 Å². The molecule has 0 aliphatic rings. The molecule has 0 aliphatic heterocycles. The normalized spacial score (nSPS) is 7.70. The summed E-state index contributed by atoms with van der Waals surface area (Å²) < 4.78 is 0. The second-order valence-electron chi connectivity index (χ2n) is 1.53. The van der Waals surface area contributed by atoms with Gasteiger partial charge in [-0.25, -0.2) is 0 Å². The van der Waals surface area contributed by atoms with Gasteiger partial charge in [-0.2, -0.15) is 0 Å². The molecule has 0 saturated heterocycles. The summed E-state index contributed by atoms with van der Waals surface area (Å²) in [6, 6.07) is 3.96. The topological polar surface area (TPSA) is 23.1 Å². The van der Waals surface area contributed by atoms with Crippen molar-refractivity contribution in [3.8, 4) is 0 Å². The van der Waals surface area contributed by atoms with E-state index in [9.17, 15) is 5.11 Å². The Balaban J connectivity index is 0. The fourth-order valence-electron chi connectivity index (χ4n) is 0.555. The second kappa shape index (κ2) is 7.82. The van der Waals surface area contributed by atoms with Crippen LogP contribution in [-0.4, -0.2) is 29.7 Å². The third-order valence-electron chi connectivity index (χ3n) is 0.929. The van der Waals surface area contributed by atoms with Gasteiger partial charge in [0.25, 0.3) is 0 Å². The molecule has 52 valence electrons. The van der Waals surface area contributed by atoms with Crippen LogP contribution in [0.4, 0.5) is 0 Å². The maximum atomic E-state index is 10.0. The largest absolute Gasteiger partial charge is 2.00 e. The van der Waals surface area contributed by atoms with Gasteiger partial charge in [-0.15, -0.1) is 17.9 Å². The predicted molar refractivity (Wildman–Crippen MR) is 38.6 cm³/mol. The molecule has 0 N–H and O–H groups in total. The number of hydrogen-bond donors (Lipinski definition) is 0. The van der Waals surface area contributed by atoms with Crippen LogP contribution in [0.15, 0.2) is 17.5 Å². The van der Waals surface area contributed by atoms with Gasteiger partial charge in [0.15, 0.2) is 0 Å². The number of rotatable bonds is 2. The molecule has 0 spiro atoms. The van der Waals surface area contributed by atoms with Gasteiger partial charge in [0.1, 0.15) is 0 Å². The first kappa shape index (κ1) is 13.3. The van der Waals surface area contributed by atoms with Crippen LogP contribution in [0.3, 0.4) is 0 Å². The third-order valence-corrected chi connectivity index (χ3v) is 1.86. The SMILES string of the molecule is [Cl-].[Mg+2].[O-]CCc1cccs1. The molecule has 1 aromatic heterocycles. The smallest absolute Gasteiger partial charge is 1.00 e. The molecule has 0 bridgehead atoms. The van der Waals surface area contributed by atoms with Gasteiger partial charge in [-0.1, -0.05) is 6.07 Å². The summed E-state index contributed by atoms with van der Waals surface area (Å²) in [5, 5.41) is 12.0. The molecule has 0 aliphatic carbocycles. The minimum Gasteiger partial charge on any atom is -1.00 e. The Labute approximate surface area is 87.0 Å². The van der Waals surface area contributed by atoms with Crippen molar-refractivity contribution in [3.05, 3.63) is 22.4 Å². The summed E-state index contributed by atoms with van der Waals surface area (Å²) in [4.78, 5) is 1.19. The molecule has 0 fully saturated rings. The minimum atomic E-state index is 0. The van der Waals surface area contributed by atoms with E-state index >= 15 is 0 Å². The Kier molecular flexibility index (Phi) is 10.4. The average molecular weight is 187 g/mol. The van der Waals surface area contributed by atoms with Crippen LogP contribution in [0, 0.1) is 0 Å². The van der Waals surface area contributed by atoms with E-state index in [1.165, 1.54) is 4.88 Å². The Hall–Kier alpha value is 0.716. The van der Waals surface area contributed by atoms with Gasteiger partial charge in [0.05, 0.1) is 0 Å². The van der Waals surface area contributed by atoms with Gasteiger partial charge in [0, 0.05) is 4.88 Å². The first-order valence-electron chi connectivity index (χ1n) is 2.54. The first-order valence-corrected chi connectivity index (χ1v) is 3.42. The molecule has 0 radical (unpaired) electrons. The van der Waals surface area contributed by atoms with Crippen LogP contribution in [0.5, 0.6) is 0 Å². The molecule has 1 aromatic rings. The van der Waals surface area contributed by atoms with E-state index in [2.05, 4.69) is 0 Å². The van der Waals surface area contributed by atoms with E-state index in [1.807, 2.05) is 17.5 Å². The monoisotopic (exact) mass is 186 g/mol. The Morgan fingerprint density at radius 1 is 1.50 bits per heavy atom. The first-order chi connectivity index (χ1) is 3.93. The number of hydrogen-bond acceptors (Lipinski definition) is 2. The van der Waals surface area contributed by atoms with E-state index in [-0.39, 0.29) is 42.1 Å². The molecule has 0 saturated carbocycles. The summed E-state index contributed by atoms with van der Waals surface area (Å²) in [5.74, 6) is 0. The molecular weight excluding hydrogens is 180 g/mol. The molecule has 10 heavy (non-hydrogen) atoms. The van der Waals surface area contributed by atoms with Crippen molar-refractivity contribution in [2.45, 2.75) is 6.42 Å². The second-order valence-corrected chi connectivity index (χ2v) is 2.57. The summed E-state index contributed by atoms with van der Waals surface area (Å²) >= 11 is 1.65. The van der Waals surface area contributed by atoms with E-state index in [1.54, 1.807) is 11.3 Å². The molecule has 0 aromatic carbocycles. The summed E-state index contributed by atoms with van der Waals surface area (Å²) in [6.45, 7) is 0.0144. The maximum absolute atomic E-state index is 10.0. The van der Waals surface area contributed by atoms with Gasteiger partial charge in [-0.05, 0) is 17.9 Å². The molecule has 4 heteroatoms. The standard InChI is InChI=1S/C6H7OS.ClH.Mg/c7-4-3-6-2-1-5-8-6;;/h1-2,5H,3-4H2;1H;/q-1;;+2/p-1. The zero-order valence-electron chi connectivity index (χ0n) is 5.55. The molecule has 1 heterocycles. The van der Waals surface area contributed by atoms with Crippen molar-refractivity contribution in [1.82, 2.24) is 0 Å². The van der Waals surface area contributed by atoms with Crippen molar-refractivity contribution in [1.29, 1.82) is 0 Å². The molecule has 0 atom stereocenters. The van der Waals surface area contributed by atoms with Crippen molar-refractivity contribution < 1.29 is 17.5 Å². The number of halogens is 1. The van der Waals surface area contributed by atoms with Crippen LogP contribution >= 0.6 is 11.3 Å². The maximum Gasteiger partial charge on any atom is 2.00 e. The van der Waals surface area contributed by atoms with Crippen molar-refractivity contribution in [2.75, 3.05) is 6.61 Å². The van der Waals surface area contributed by atoms with E-state index in [0.717, 1.165) is 0 Å². The van der Waals surface area contributed by atoms with Gasteiger partial charge in [0.2, 0.25) is 0 Å². The molecule has 1 nitrogen and oxygen atoms in total. The Morgan fingerprint density at radius 2 is 2.20 bits per heavy atom. The van der Waals surface area contributed by atoms with Crippen molar-refractivity contribution >= 4 is 34.4 Å². The zero-order chi connectivity index (χ0) is 5.82. The quantitative estimate of drug-likeness (QED) is 0.461. The number of thiophene rings is 1. The minimum absolute atomic E-state index is 0. The zero-order valence-corrected chi connectivity index (χ0v) is 8.53. The fraction of sp³-hybridized carbons (Fsp3) is 0.333. The Morgan fingerprint density at radius 3 is 2.60 bits per heavy atom. The van der Waals surface area contributed by atoms with E-state index in [4.69, 9.17) is 0 Å². The van der Waals surface area contributed by atoms with Crippen LogP contribution in [0.2, 0.25) is 0 Å². The van der Waals surface area contributed by atoms with E-state index in [0.29, 0.717) is 6.42 Å². The van der Waals surface area contributed by atoms with Crippen LogP contribution in [-0.2, 0) is 6.42 Å². The van der Waals surface area contributed by atoms with Crippen LogP contribution in [0.25, 0.3) is 0 Å². The molecule has 0 amide bonds. The van der Waals surface area contributed by atoms with Gasteiger partial charge >= 0.3 is 23.1 Å². The molecule has 1 rings (SSSR count). The Bertz CT molecular complexity index is 143. The van der Waals surface area contributed by atoms with Crippen LogP contribution < -0.4 is 17.5 Å². The molecular formula is C6H7ClMgOS. The van der Waals surface area contributed by atoms with Gasteiger partial charge in [-0.3, -0.25) is 0 Å². The summed E-state index contributed by atoms with van der Waals surface area (Å²) in [7, 11) is 0. The summed E-state index contributed by atoms with van der Waals surface area (Å²) in [6.07, 6.45) is 0.692. The van der Waals surface area contributed by atoms with E-state index < -0.39 is 0 Å². The summed E-state index contributed by atoms with van der Waals surface area (Å²) in [5.41, 5.74) is 0. The fourth-order valence-corrected chi connectivity index (χ4v) is 1.25. The predicted octanol–water partition coefficient (Wildman–Crippen LogP) is -2.73. The van der Waals surface area contributed by atoms with Crippen LogP contribution in [0.1, 0.15) is 4.88 Å². The van der Waals surface area contributed by atoms with Crippen molar-refractivity contribution in [3.63, 3.8) is 0 Å². The molecule has 0 unspecified atom stereocenters. The third kappa shape index (κ3) is 4.52.